The Hall–Kier alpha value is -2.27. The van der Waals surface area contributed by atoms with Gasteiger partial charge in [-0.05, 0) is 36.2 Å². The van der Waals surface area contributed by atoms with Gasteiger partial charge in [-0.15, -0.1) is 0 Å². The molecule has 8 nitrogen and oxygen atoms in total. The average molecular weight is 479 g/mol. The van der Waals surface area contributed by atoms with Gasteiger partial charge < -0.3 is 9.64 Å². The van der Waals surface area contributed by atoms with Crippen LogP contribution in [0.25, 0.3) is 0 Å². The van der Waals surface area contributed by atoms with Crippen LogP contribution in [0.15, 0.2) is 59.5 Å². The number of hydrogen-bond donors (Lipinski definition) is 0. The van der Waals surface area contributed by atoms with E-state index in [1.54, 1.807) is 4.90 Å². The predicted octanol–water partition coefficient (Wildman–Crippen LogP) is 1.54. The van der Waals surface area contributed by atoms with Crippen molar-refractivity contribution in [3.8, 4) is 0 Å². The van der Waals surface area contributed by atoms with Crippen LogP contribution < -0.4 is 0 Å². The Morgan fingerprint density at radius 1 is 1.03 bits per heavy atom. The van der Waals surface area contributed by atoms with Gasteiger partial charge >= 0.3 is 0 Å². The zero-order valence-corrected chi connectivity index (χ0v) is 19.2. The molecule has 2 heterocycles. The summed E-state index contributed by atoms with van der Waals surface area (Å²) in [6.45, 7) is 1.59. The van der Waals surface area contributed by atoms with E-state index in [1.807, 2.05) is 30.3 Å². The first kappa shape index (κ1) is 22.9. The maximum absolute atomic E-state index is 13.4. The number of rotatable bonds is 6. The van der Waals surface area contributed by atoms with Gasteiger partial charge in [-0.3, -0.25) is 4.79 Å². The van der Waals surface area contributed by atoms with Crippen molar-refractivity contribution >= 4 is 25.8 Å². The standard InChI is InChI=1S/C22H26N2O6S2/c25-22(19-6-8-21(9-7-19)32(28,29)23-11-13-30-14-12-23)24(16-18-4-2-1-3-5-18)20-10-15-31(26,27)17-20/h1-9,20H,10-17H2/t20-/m1/s1. The number of nitrogens with zero attached hydrogens (tertiary/aromatic N) is 2. The van der Waals surface area contributed by atoms with Gasteiger partial charge in [0.05, 0.1) is 29.6 Å². The molecule has 0 spiro atoms. The second kappa shape index (κ2) is 9.30. The molecule has 2 aromatic carbocycles. The van der Waals surface area contributed by atoms with Gasteiger partial charge in [0, 0.05) is 31.2 Å². The minimum atomic E-state index is -3.66. The third kappa shape index (κ3) is 5.03. The predicted molar refractivity (Wildman–Crippen MR) is 119 cm³/mol. The summed E-state index contributed by atoms with van der Waals surface area (Å²) in [5, 5.41) is 0. The van der Waals surface area contributed by atoms with Crippen LogP contribution in [0.1, 0.15) is 22.3 Å². The Morgan fingerprint density at radius 3 is 2.28 bits per heavy atom. The fraction of sp³-hybridized carbons (Fsp3) is 0.409. The minimum absolute atomic E-state index is 0.0604. The number of sulfone groups is 1. The molecule has 0 unspecified atom stereocenters. The molecule has 0 bridgehead atoms. The molecule has 4 rings (SSSR count). The number of carbonyl (C=O) groups excluding carboxylic acids is 1. The van der Waals surface area contributed by atoms with Crippen LogP contribution in [-0.4, -0.2) is 75.8 Å². The summed E-state index contributed by atoms with van der Waals surface area (Å²) in [4.78, 5) is 15.1. The molecule has 0 saturated carbocycles. The third-order valence-electron chi connectivity index (χ3n) is 5.81. The molecule has 1 atom stereocenters. The van der Waals surface area contributed by atoms with Crippen molar-refractivity contribution in [2.24, 2.45) is 0 Å². The molecule has 0 N–H and O–H groups in total. The van der Waals surface area contributed by atoms with Gasteiger partial charge in [-0.2, -0.15) is 4.31 Å². The number of hydrogen-bond acceptors (Lipinski definition) is 6. The smallest absolute Gasteiger partial charge is 0.254 e. The zero-order chi connectivity index (χ0) is 22.8. The van der Waals surface area contributed by atoms with Crippen molar-refractivity contribution in [3.05, 3.63) is 65.7 Å². The molecule has 0 aromatic heterocycles. The van der Waals surface area contributed by atoms with Crippen molar-refractivity contribution in [1.82, 2.24) is 9.21 Å². The van der Waals surface area contributed by atoms with Crippen molar-refractivity contribution in [1.29, 1.82) is 0 Å². The maximum Gasteiger partial charge on any atom is 0.254 e. The fourth-order valence-corrected chi connectivity index (χ4v) is 7.18. The van der Waals surface area contributed by atoms with Crippen LogP contribution in [0.3, 0.4) is 0 Å². The summed E-state index contributed by atoms with van der Waals surface area (Å²) in [7, 11) is -6.83. The third-order valence-corrected chi connectivity index (χ3v) is 9.48. The fourth-order valence-electron chi connectivity index (χ4n) is 4.04. The van der Waals surface area contributed by atoms with E-state index in [-0.39, 0.29) is 28.9 Å². The lowest BCUT2D eigenvalue weighted by Gasteiger charge is -2.29. The highest BCUT2D eigenvalue weighted by Crippen LogP contribution is 2.24. The first-order valence-corrected chi connectivity index (χ1v) is 13.8. The van der Waals surface area contributed by atoms with Crippen molar-refractivity contribution in [2.45, 2.75) is 23.9 Å². The van der Waals surface area contributed by atoms with Crippen LogP contribution in [0, 0.1) is 0 Å². The van der Waals surface area contributed by atoms with E-state index in [4.69, 9.17) is 4.74 Å². The minimum Gasteiger partial charge on any atom is -0.379 e. The number of benzene rings is 2. The Bertz CT molecular complexity index is 1160. The van der Waals surface area contributed by atoms with Gasteiger partial charge in [0.1, 0.15) is 0 Å². The second-order valence-electron chi connectivity index (χ2n) is 8.02. The normalized spacial score (nSPS) is 21.3. The molecule has 2 aliphatic rings. The summed E-state index contributed by atoms with van der Waals surface area (Å²) in [5.74, 6) is -0.312. The highest BCUT2D eigenvalue weighted by atomic mass is 32.2. The van der Waals surface area contributed by atoms with Gasteiger partial charge in [-0.25, -0.2) is 16.8 Å². The van der Waals surface area contributed by atoms with Crippen molar-refractivity contribution in [3.63, 3.8) is 0 Å². The van der Waals surface area contributed by atoms with E-state index < -0.39 is 25.9 Å². The lowest BCUT2D eigenvalue weighted by atomic mass is 10.1. The molecule has 10 heteroatoms. The first-order chi connectivity index (χ1) is 15.3. The van der Waals surface area contributed by atoms with Crippen LogP contribution in [0.5, 0.6) is 0 Å². The molecule has 2 aromatic rings. The Balaban J connectivity index is 1.57. The number of sulfonamides is 1. The lowest BCUT2D eigenvalue weighted by molar-refractivity contribution is 0.0681. The maximum atomic E-state index is 13.4. The van der Waals surface area contributed by atoms with E-state index in [1.165, 1.54) is 28.6 Å². The Labute approximate surface area is 188 Å². The molecule has 0 aliphatic carbocycles. The number of amides is 1. The molecular weight excluding hydrogens is 452 g/mol. The van der Waals surface area contributed by atoms with Crippen molar-refractivity contribution in [2.75, 3.05) is 37.8 Å². The lowest BCUT2D eigenvalue weighted by Crippen LogP contribution is -2.41. The SMILES string of the molecule is O=C(c1ccc(S(=O)(=O)N2CCOCC2)cc1)N(Cc1ccccc1)[C@@H]1CCS(=O)(=O)C1. The van der Waals surface area contributed by atoms with E-state index in [0.29, 0.717) is 38.3 Å². The largest absolute Gasteiger partial charge is 0.379 e. The van der Waals surface area contributed by atoms with Crippen LogP contribution in [0.4, 0.5) is 0 Å². The van der Waals surface area contributed by atoms with Crippen molar-refractivity contribution < 1.29 is 26.4 Å². The second-order valence-corrected chi connectivity index (χ2v) is 12.2. The van der Waals surface area contributed by atoms with Gasteiger partial charge in [-0.1, -0.05) is 30.3 Å². The molecule has 32 heavy (non-hydrogen) atoms. The summed E-state index contributed by atoms with van der Waals surface area (Å²) in [6.07, 6.45) is 0.393. The molecule has 1 amide bonds. The van der Waals surface area contributed by atoms with Crippen LogP contribution in [0.2, 0.25) is 0 Å². The molecule has 2 fully saturated rings. The van der Waals surface area contributed by atoms with E-state index >= 15 is 0 Å². The highest BCUT2D eigenvalue weighted by molar-refractivity contribution is 7.91. The first-order valence-electron chi connectivity index (χ1n) is 10.5. The van der Waals surface area contributed by atoms with E-state index in [9.17, 15) is 21.6 Å². The Kier molecular flexibility index (Phi) is 6.66. The van der Waals surface area contributed by atoms with Crippen LogP contribution >= 0.6 is 0 Å². The highest BCUT2D eigenvalue weighted by Gasteiger charge is 2.35. The zero-order valence-electron chi connectivity index (χ0n) is 17.6. The average Bonchev–Trinajstić information content (AvgIpc) is 3.17. The van der Waals surface area contributed by atoms with E-state index in [2.05, 4.69) is 0 Å². The molecule has 0 radical (unpaired) electrons. The van der Waals surface area contributed by atoms with Gasteiger partial charge in [0.15, 0.2) is 9.84 Å². The molecule has 2 aliphatic heterocycles. The summed E-state index contributed by atoms with van der Waals surface area (Å²) in [6, 6.07) is 14.8. The molecule has 2 saturated heterocycles. The number of carbonyl (C=O) groups is 1. The molecule has 172 valence electrons. The summed E-state index contributed by atoms with van der Waals surface area (Å²) >= 11 is 0. The summed E-state index contributed by atoms with van der Waals surface area (Å²) < 4.78 is 56.3. The van der Waals surface area contributed by atoms with Crippen LogP contribution in [-0.2, 0) is 31.1 Å². The summed E-state index contributed by atoms with van der Waals surface area (Å²) in [5.41, 5.74) is 1.22. The monoisotopic (exact) mass is 478 g/mol. The quantitative estimate of drug-likeness (QED) is 0.624. The number of morpholine rings is 1. The Morgan fingerprint density at radius 2 is 1.69 bits per heavy atom. The van der Waals surface area contributed by atoms with Gasteiger partial charge in [0.2, 0.25) is 10.0 Å². The topological polar surface area (TPSA) is 101 Å². The van der Waals surface area contributed by atoms with E-state index in [0.717, 1.165) is 5.56 Å². The van der Waals surface area contributed by atoms with Gasteiger partial charge in [0.25, 0.3) is 5.91 Å². The molecular formula is C22H26N2O6S2. The number of ether oxygens (including phenoxy) is 1.